The summed E-state index contributed by atoms with van der Waals surface area (Å²) in [6.45, 7) is 4.08. The first-order chi connectivity index (χ1) is 10.7. The lowest BCUT2D eigenvalue weighted by Gasteiger charge is -2.32. The first-order valence-corrected chi connectivity index (χ1v) is 7.78. The van der Waals surface area contributed by atoms with Gasteiger partial charge in [0.15, 0.2) is 0 Å². The van der Waals surface area contributed by atoms with Gasteiger partial charge in [0, 0.05) is 52.3 Å². The Morgan fingerprint density at radius 3 is 2.50 bits per heavy atom. The Morgan fingerprint density at radius 2 is 1.77 bits per heavy atom. The molecule has 22 heavy (non-hydrogen) atoms. The molecule has 0 atom stereocenters. The van der Waals surface area contributed by atoms with Crippen molar-refractivity contribution in [3.05, 3.63) is 17.6 Å². The van der Waals surface area contributed by atoms with Crippen LogP contribution < -0.4 is 4.90 Å². The minimum Gasteiger partial charge on any atom is -0.378 e. The predicted octanol–water partition coefficient (Wildman–Crippen LogP) is 0.395. The van der Waals surface area contributed by atoms with Crippen molar-refractivity contribution in [1.82, 2.24) is 19.8 Å². The van der Waals surface area contributed by atoms with Crippen LogP contribution in [0.1, 0.15) is 11.3 Å². The van der Waals surface area contributed by atoms with Crippen LogP contribution in [0, 0.1) is 0 Å². The molecule has 1 aromatic heterocycles. The average molecular weight is 305 g/mol. The van der Waals surface area contributed by atoms with Gasteiger partial charge in [-0.25, -0.2) is 14.8 Å². The molecule has 7 nitrogen and oxygen atoms in total. The smallest absolute Gasteiger partial charge is 0.320 e. The van der Waals surface area contributed by atoms with E-state index in [-0.39, 0.29) is 6.03 Å². The lowest BCUT2D eigenvalue weighted by atomic mass is 10.1. The molecule has 2 aliphatic rings. The van der Waals surface area contributed by atoms with E-state index in [1.54, 1.807) is 6.33 Å². The van der Waals surface area contributed by atoms with Crippen molar-refractivity contribution >= 4 is 11.8 Å². The highest BCUT2D eigenvalue weighted by molar-refractivity contribution is 5.74. The summed E-state index contributed by atoms with van der Waals surface area (Å²) in [6, 6.07) is 0.121. The third kappa shape index (κ3) is 2.99. The number of anilines is 1. The number of carbonyl (C=O) groups is 1. The Hall–Kier alpha value is -1.89. The van der Waals surface area contributed by atoms with E-state index in [0.717, 1.165) is 30.9 Å². The second-order valence-corrected chi connectivity index (χ2v) is 5.89. The van der Waals surface area contributed by atoms with Crippen LogP contribution >= 0.6 is 0 Å². The van der Waals surface area contributed by atoms with E-state index in [9.17, 15) is 4.79 Å². The first kappa shape index (κ1) is 15.0. The van der Waals surface area contributed by atoms with E-state index in [2.05, 4.69) is 9.97 Å². The molecule has 2 aliphatic heterocycles. The maximum Gasteiger partial charge on any atom is 0.320 e. The molecular weight excluding hydrogens is 282 g/mol. The molecule has 1 saturated heterocycles. The fourth-order valence-electron chi connectivity index (χ4n) is 3.04. The average Bonchev–Trinajstić information content (AvgIpc) is 2.77. The normalized spacial score (nSPS) is 18.6. The number of aromatic nitrogens is 2. The molecule has 0 aliphatic carbocycles. The van der Waals surface area contributed by atoms with Gasteiger partial charge in [-0.15, -0.1) is 0 Å². The Morgan fingerprint density at radius 1 is 1.09 bits per heavy atom. The van der Waals surface area contributed by atoms with Crippen LogP contribution in [0.25, 0.3) is 0 Å². The topological polar surface area (TPSA) is 61.8 Å². The van der Waals surface area contributed by atoms with Crippen molar-refractivity contribution in [1.29, 1.82) is 0 Å². The zero-order valence-electron chi connectivity index (χ0n) is 13.3. The molecule has 1 fully saturated rings. The zero-order chi connectivity index (χ0) is 15.5. The minimum atomic E-state index is 0.121. The molecule has 3 heterocycles. The zero-order valence-corrected chi connectivity index (χ0v) is 13.3. The van der Waals surface area contributed by atoms with Gasteiger partial charge in [0.05, 0.1) is 18.9 Å². The highest BCUT2D eigenvalue weighted by atomic mass is 16.5. The number of ether oxygens (including phenoxy) is 1. The second-order valence-electron chi connectivity index (χ2n) is 5.89. The molecule has 0 bridgehead atoms. The quantitative estimate of drug-likeness (QED) is 0.751. The predicted molar refractivity (Wildman–Crippen MR) is 83.1 cm³/mol. The number of amides is 2. The highest BCUT2D eigenvalue weighted by Gasteiger charge is 2.26. The summed E-state index contributed by atoms with van der Waals surface area (Å²) >= 11 is 0. The number of nitrogens with zero attached hydrogens (tertiary/aromatic N) is 5. The molecule has 7 heteroatoms. The van der Waals surface area contributed by atoms with E-state index in [0.29, 0.717) is 32.8 Å². The number of carbonyl (C=O) groups excluding carboxylic acids is 1. The summed E-state index contributed by atoms with van der Waals surface area (Å²) in [5.41, 5.74) is 2.24. The summed E-state index contributed by atoms with van der Waals surface area (Å²) < 4.78 is 5.32. The molecule has 0 spiro atoms. The molecule has 2 amide bonds. The fourth-order valence-corrected chi connectivity index (χ4v) is 3.04. The van der Waals surface area contributed by atoms with Gasteiger partial charge in [0.1, 0.15) is 12.1 Å². The number of hydrogen-bond acceptors (Lipinski definition) is 5. The van der Waals surface area contributed by atoms with Crippen molar-refractivity contribution in [2.45, 2.75) is 12.8 Å². The van der Waals surface area contributed by atoms with E-state index < -0.39 is 0 Å². The fraction of sp³-hybridized carbons (Fsp3) is 0.667. The van der Waals surface area contributed by atoms with Gasteiger partial charge < -0.3 is 19.4 Å². The van der Waals surface area contributed by atoms with E-state index in [1.165, 1.54) is 5.56 Å². The molecule has 0 unspecified atom stereocenters. The van der Waals surface area contributed by atoms with Gasteiger partial charge in [0.2, 0.25) is 0 Å². The van der Waals surface area contributed by atoms with Gasteiger partial charge in [-0.05, 0) is 6.42 Å². The SMILES string of the molecule is CN(C)c1ncnc2c1CCN(C(=O)N1CCOCC1)CC2. The van der Waals surface area contributed by atoms with Crippen LogP contribution in [0.4, 0.5) is 10.6 Å². The van der Waals surface area contributed by atoms with Crippen molar-refractivity contribution in [3.63, 3.8) is 0 Å². The van der Waals surface area contributed by atoms with E-state index in [4.69, 9.17) is 4.74 Å². The Labute approximate surface area is 130 Å². The van der Waals surface area contributed by atoms with Crippen molar-refractivity contribution in [2.24, 2.45) is 0 Å². The van der Waals surface area contributed by atoms with Crippen LogP contribution in [-0.2, 0) is 17.6 Å². The standard InChI is InChI=1S/C15H23N5O2/c1-18(2)14-12-3-5-19(6-4-13(12)16-11-17-14)15(21)20-7-9-22-10-8-20/h11H,3-10H2,1-2H3. The van der Waals surface area contributed by atoms with Crippen molar-refractivity contribution in [2.75, 3.05) is 58.4 Å². The van der Waals surface area contributed by atoms with E-state index in [1.807, 2.05) is 28.8 Å². The van der Waals surface area contributed by atoms with Crippen LogP contribution in [0.2, 0.25) is 0 Å². The monoisotopic (exact) mass is 305 g/mol. The lowest BCUT2D eigenvalue weighted by Crippen LogP contribution is -2.48. The molecule has 120 valence electrons. The van der Waals surface area contributed by atoms with Crippen LogP contribution in [-0.4, -0.2) is 79.3 Å². The maximum atomic E-state index is 12.6. The third-order valence-corrected chi connectivity index (χ3v) is 4.24. The lowest BCUT2D eigenvalue weighted by molar-refractivity contribution is 0.0436. The molecule has 0 radical (unpaired) electrons. The maximum absolute atomic E-state index is 12.6. The van der Waals surface area contributed by atoms with Crippen LogP contribution in [0.5, 0.6) is 0 Å². The number of fused-ring (bicyclic) bond motifs is 1. The second kappa shape index (κ2) is 6.48. The minimum absolute atomic E-state index is 0.121. The summed E-state index contributed by atoms with van der Waals surface area (Å²) in [7, 11) is 3.98. The summed E-state index contributed by atoms with van der Waals surface area (Å²) in [4.78, 5) is 27.3. The molecule has 1 aromatic rings. The Bertz CT molecular complexity index is 543. The van der Waals surface area contributed by atoms with Crippen LogP contribution in [0.3, 0.4) is 0 Å². The van der Waals surface area contributed by atoms with Crippen molar-refractivity contribution in [3.8, 4) is 0 Å². The van der Waals surface area contributed by atoms with Crippen LogP contribution in [0.15, 0.2) is 6.33 Å². The highest BCUT2D eigenvalue weighted by Crippen LogP contribution is 2.22. The van der Waals surface area contributed by atoms with Gasteiger partial charge in [-0.2, -0.15) is 0 Å². The molecule has 3 rings (SSSR count). The number of morpholine rings is 1. The van der Waals surface area contributed by atoms with Gasteiger partial charge >= 0.3 is 6.03 Å². The number of hydrogen-bond donors (Lipinski definition) is 0. The summed E-state index contributed by atoms with van der Waals surface area (Å²) in [5, 5.41) is 0. The first-order valence-electron chi connectivity index (χ1n) is 7.78. The summed E-state index contributed by atoms with van der Waals surface area (Å²) in [6.07, 6.45) is 3.21. The van der Waals surface area contributed by atoms with E-state index >= 15 is 0 Å². The van der Waals surface area contributed by atoms with Gasteiger partial charge in [-0.1, -0.05) is 0 Å². The largest absolute Gasteiger partial charge is 0.378 e. The number of rotatable bonds is 1. The Balaban J connectivity index is 1.73. The molecule has 0 saturated carbocycles. The molecular formula is C15H23N5O2. The van der Waals surface area contributed by atoms with Crippen molar-refractivity contribution < 1.29 is 9.53 Å². The molecule has 0 aromatic carbocycles. The number of urea groups is 1. The Kier molecular flexibility index (Phi) is 4.42. The summed E-state index contributed by atoms with van der Waals surface area (Å²) in [5.74, 6) is 0.964. The molecule has 0 N–H and O–H groups in total. The third-order valence-electron chi connectivity index (χ3n) is 4.24. The van der Waals surface area contributed by atoms with Gasteiger partial charge in [0.25, 0.3) is 0 Å². The van der Waals surface area contributed by atoms with Gasteiger partial charge in [-0.3, -0.25) is 0 Å².